The molecule has 5 nitrogen and oxygen atoms in total. The average Bonchev–Trinajstić information content (AvgIpc) is 3.76. The van der Waals surface area contributed by atoms with Crippen LogP contribution in [-0.4, -0.2) is 15.0 Å². The molecule has 3 heterocycles. The second-order valence-electron chi connectivity index (χ2n) is 12.4. The van der Waals surface area contributed by atoms with E-state index in [2.05, 4.69) is 60.7 Å². The van der Waals surface area contributed by atoms with Crippen LogP contribution in [0.3, 0.4) is 0 Å². The smallest absolute Gasteiger partial charge is 0.164 e. The average molecular weight is 642 g/mol. The van der Waals surface area contributed by atoms with Gasteiger partial charge in [-0.05, 0) is 58.7 Å². The van der Waals surface area contributed by atoms with Crippen LogP contribution in [-0.2, 0) is 0 Å². The third-order valence-corrected chi connectivity index (χ3v) is 9.36. The van der Waals surface area contributed by atoms with Crippen LogP contribution in [0.1, 0.15) is 0 Å². The lowest BCUT2D eigenvalue weighted by molar-refractivity contribution is 0.668. The molecule has 0 spiro atoms. The highest BCUT2D eigenvalue weighted by atomic mass is 16.3. The number of fused-ring (bicyclic) bond motifs is 6. The van der Waals surface area contributed by atoms with Crippen LogP contribution < -0.4 is 0 Å². The van der Waals surface area contributed by atoms with E-state index in [9.17, 15) is 0 Å². The predicted octanol–water partition coefficient (Wildman–Crippen LogP) is 12.0. The molecule has 0 saturated carbocycles. The first kappa shape index (κ1) is 28.2. The summed E-state index contributed by atoms with van der Waals surface area (Å²) in [6.07, 6.45) is 0. The van der Waals surface area contributed by atoms with Crippen molar-refractivity contribution in [1.82, 2.24) is 15.0 Å². The Morgan fingerprint density at radius 3 is 1.58 bits per heavy atom. The van der Waals surface area contributed by atoms with E-state index in [1.54, 1.807) is 0 Å². The second-order valence-corrected chi connectivity index (χ2v) is 12.4. The van der Waals surface area contributed by atoms with E-state index in [0.717, 1.165) is 82.8 Å². The molecule has 0 N–H and O–H groups in total. The Bertz CT molecular complexity index is 2810. The molecule has 10 rings (SSSR count). The number of furan rings is 2. The largest absolute Gasteiger partial charge is 0.456 e. The fraction of sp³-hybridized carbons (Fsp3) is 0. The van der Waals surface area contributed by atoms with Crippen molar-refractivity contribution in [2.75, 3.05) is 0 Å². The van der Waals surface area contributed by atoms with Gasteiger partial charge >= 0.3 is 0 Å². The van der Waals surface area contributed by atoms with Gasteiger partial charge in [-0.15, -0.1) is 0 Å². The molecule has 0 amide bonds. The summed E-state index contributed by atoms with van der Waals surface area (Å²) in [6, 6.07) is 55.7. The molecule has 0 atom stereocenters. The van der Waals surface area contributed by atoms with Crippen LogP contribution in [0.25, 0.3) is 100 Å². The molecular weight excluding hydrogens is 615 g/mol. The third-order valence-electron chi connectivity index (χ3n) is 9.36. The summed E-state index contributed by atoms with van der Waals surface area (Å²) in [6.45, 7) is 0. The van der Waals surface area contributed by atoms with Gasteiger partial charge in [-0.2, -0.15) is 0 Å². The molecule has 234 valence electrons. The Hall–Kier alpha value is -6.85. The number of para-hydroxylation sites is 2. The number of benzene rings is 7. The van der Waals surface area contributed by atoms with Gasteiger partial charge in [0.05, 0.1) is 0 Å². The maximum absolute atomic E-state index is 6.33. The number of rotatable bonds is 5. The lowest BCUT2D eigenvalue weighted by Crippen LogP contribution is -2.01. The van der Waals surface area contributed by atoms with E-state index in [-0.39, 0.29) is 0 Å². The lowest BCUT2D eigenvalue weighted by atomic mass is 9.91. The molecule has 0 aliphatic carbocycles. The van der Waals surface area contributed by atoms with Crippen molar-refractivity contribution >= 4 is 43.9 Å². The first-order valence-corrected chi connectivity index (χ1v) is 16.6. The third kappa shape index (κ3) is 4.67. The summed E-state index contributed by atoms with van der Waals surface area (Å²) >= 11 is 0. The van der Waals surface area contributed by atoms with Gasteiger partial charge in [0.15, 0.2) is 17.5 Å². The Morgan fingerprint density at radius 2 is 0.840 bits per heavy atom. The Labute approximate surface area is 287 Å². The molecule has 0 saturated heterocycles. The van der Waals surface area contributed by atoms with Crippen molar-refractivity contribution in [2.24, 2.45) is 0 Å². The Kier molecular flexibility index (Phi) is 6.42. The van der Waals surface area contributed by atoms with Gasteiger partial charge in [-0.1, -0.05) is 127 Å². The van der Waals surface area contributed by atoms with E-state index in [1.165, 1.54) is 0 Å². The minimum Gasteiger partial charge on any atom is -0.456 e. The highest BCUT2D eigenvalue weighted by Crippen LogP contribution is 2.42. The van der Waals surface area contributed by atoms with Crippen molar-refractivity contribution in [3.05, 3.63) is 164 Å². The fourth-order valence-electron chi connectivity index (χ4n) is 6.98. The van der Waals surface area contributed by atoms with Crippen LogP contribution in [0.5, 0.6) is 0 Å². The number of hydrogen-bond donors (Lipinski definition) is 0. The first-order valence-electron chi connectivity index (χ1n) is 16.6. The van der Waals surface area contributed by atoms with Gasteiger partial charge in [0, 0.05) is 38.2 Å². The molecular formula is C45H27N3O2. The van der Waals surface area contributed by atoms with Gasteiger partial charge in [0.2, 0.25) is 0 Å². The van der Waals surface area contributed by atoms with Crippen LogP contribution in [0.15, 0.2) is 173 Å². The number of nitrogens with zero attached hydrogens (tertiary/aromatic N) is 3. The van der Waals surface area contributed by atoms with Crippen LogP contribution in [0.2, 0.25) is 0 Å². The van der Waals surface area contributed by atoms with E-state index in [4.69, 9.17) is 23.8 Å². The van der Waals surface area contributed by atoms with E-state index in [1.807, 2.05) is 103 Å². The molecule has 5 heteroatoms. The molecule has 0 bridgehead atoms. The van der Waals surface area contributed by atoms with Crippen LogP contribution >= 0.6 is 0 Å². The second kappa shape index (κ2) is 11.4. The molecule has 0 aliphatic heterocycles. The zero-order valence-corrected chi connectivity index (χ0v) is 26.7. The molecule has 3 aromatic heterocycles. The Morgan fingerprint density at radius 1 is 0.300 bits per heavy atom. The van der Waals surface area contributed by atoms with E-state index >= 15 is 0 Å². The summed E-state index contributed by atoms with van der Waals surface area (Å²) in [4.78, 5) is 15.3. The summed E-state index contributed by atoms with van der Waals surface area (Å²) in [5.41, 5.74) is 10.3. The van der Waals surface area contributed by atoms with Crippen molar-refractivity contribution in [1.29, 1.82) is 0 Å². The molecule has 7 aromatic carbocycles. The molecule has 10 aromatic rings. The number of aromatic nitrogens is 3. The molecule has 0 aliphatic rings. The maximum atomic E-state index is 6.33. The SMILES string of the molecule is c1ccc(-c2nc(-c3ccccc3)nc(-c3cc(-c4ccc5oc6ccccc6c5c4)ccc3-c3cccc4oc5ccccc5c34)n2)cc1. The summed E-state index contributed by atoms with van der Waals surface area (Å²) < 4.78 is 12.5. The highest BCUT2D eigenvalue weighted by Gasteiger charge is 2.20. The summed E-state index contributed by atoms with van der Waals surface area (Å²) in [7, 11) is 0. The molecule has 50 heavy (non-hydrogen) atoms. The predicted molar refractivity (Wildman–Crippen MR) is 202 cm³/mol. The fourth-order valence-corrected chi connectivity index (χ4v) is 6.98. The van der Waals surface area contributed by atoms with Gasteiger partial charge in [-0.3, -0.25) is 0 Å². The summed E-state index contributed by atoms with van der Waals surface area (Å²) in [5.74, 6) is 1.82. The quantitative estimate of drug-likeness (QED) is 0.187. The topological polar surface area (TPSA) is 65.0 Å². The monoisotopic (exact) mass is 641 g/mol. The molecule has 0 unspecified atom stereocenters. The van der Waals surface area contributed by atoms with Crippen LogP contribution in [0.4, 0.5) is 0 Å². The summed E-state index contributed by atoms with van der Waals surface area (Å²) in [5, 5.41) is 4.30. The maximum Gasteiger partial charge on any atom is 0.164 e. The van der Waals surface area contributed by atoms with E-state index < -0.39 is 0 Å². The van der Waals surface area contributed by atoms with Crippen molar-refractivity contribution in [3.63, 3.8) is 0 Å². The lowest BCUT2D eigenvalue weighted by Gasteiger charge is -2.15. The Balaban J connectivity index is 1.26. The highest BCUT2D eigenvalue weighted by molar-refractivity contribution is 6.14. The zero-order chi connectivity index (χ0) is 33.0. The standard InChI is InChI=1S/C45H27N3O2/c1-3-12-28(13-4-1)43-46-44(29-14-5-2-6-15-29)48-45(47-43)37-27-30(31-23-25-40-36(26-31)33-16-7-9-19-38(33)49-40)22-24-32(37)34-18-11-21-41-42(34)35-17-8-10-20-39(35)50-41/h1-27H. The van der Waals surface area contributed by atoms with Gasteiger partial charge in [0.1, 0.15) is 22.3 Å². The molecule has 0 fully saturated rings. The van der Waals surface area contributed by atoms with Crippen molar-refractivity contribution in [2.45, 2.75) is 0 Å². The van der Waals surface area contributed by atoms with Gasteiger partial charge in [0.25, 0.3) is 0 Å². The first-order chi connectivity index (χ1) is 24.8. The zero-order valence-electron chi connectivity index (χ0n) is 26.7. The van der Waals surface area contributed by atoms with Gasteiger partial charge < -0.3 is 8.83 Å². The minimum absolute atomic E-state index is 0.592. The minimum atomic E-state index is 0.592. The van der Waals surface area contributed by atoms with Crippen molar-refractivity contribution in [3.8, 4) is 56.4 Å². The number of hydrogen-bond acceptors (Lipinski definition) is 5. The van der Waals surface area contributed by atoms with Crippen molar-refractivity contribution < 1.29 is 8.83 Å². The molecule has 0 radical (unpaired) electrons. The van der Waals surface area contributed by atoms with Crippen LogP contribution in [0, 0.1) is 0 Å². The van der Waals surface area contributed by atoms with Gasteiger partial charge in [-0.25, -0.2) is 15.0 Å². The van der Waals surface area contributed by atoms with E-state index in [0.29, 0.717) is 17.5 Å². The normalized spacial score (nSPS) is 11.6.